The predicted octanol–water partition coefficient (Wildman–Crippen LogP) is 2.08. The fourth-order valence-corrected chi connectivity index (χ4v) is 3.03. The van der Waals surface area contributed by atoms with E-state index < -0.39 is 11.9 Å². The SMILES string of the molecule is COc1nnc(C(=O)Nc2cccc(C(C)=O)c2)cc1C#Cc1nnc2c(C(=O)O)cccn12. The molecule has 4 rings (SSSR count). The molecular weight excluding hydrogens is 440 g/mol. The lowest BCUT2D eigenvalue weighted by Gasteiger charge is -2.07. The highest BCUT2D eigenvalue weighted by atomic mass is 16.5. The van der Waals surface area contributed by atoms with Gasteiger partial charge in [-0.25, -0.2) is 4.79 Å². The van der Waals surface area contributed by atoms with Gasteiger partial charge in [-0.15, -0.1) is 20.4 Å². The third-order valence-corrected chi connectivity index (χ3v) is 4.69. The Labute approximate surface area is 192 Å². The second-order valence-electron chi connectivity index (χ2n) is 6.94. The highest BCUT2D eigenvalue weighted by molar-refractivity contribution is 6.04. The van der Waals surface area contributed by atoms with Crippen molar-refractivity contribution in [1.82, 2.24) is 24.8 Å². The minimum absolute atomic E-state index is 0.0148. The molecular formula is C23H16N6O5. The number of amides is 1. The van der Waals surface area contributed by atoms with Crippen LogP contribution >= 0.6 is 0 Å². The van der Waals surface area contributed by atoms with Gasteiger partial charge < -0.3 is 15.2 Å². The second-order valence-corrected chi connectivity index (χ2v) is 6.94. The minimum atomic E-state index is -1.14. The van der Waals surface area contributed by atoms with Crippen LogP contribution in [0.1, 0.15) is 49.5 Å². The second kappa shape index (κ2) is 9.17. The Hall–Kier alpha value is -5.11. The van der Waals surface area contributed by atoms with Crippen molar-refractivity contribution in [2.24, 2.45) is 0 Å². The van der Waals surface area contributed by atoms with E-state index in [4.69, 9.17) is 4.74 Å². The van der Waals surface area contributed by atoms with Gasteiger partial charge in [0, 0.05) is 17.4 Å². The number of hydrogen-bond acceptors (Lipinski definition) is 8. The van der Waals surface area contributed by atoms with Gasteiger partial charge >= 0.3 is 5.97 Å². The first kappa shape index (κ1) is 22.1. The van der Waals surface area contributed by atoms with Crippen molar-refractivity contribution in [3.05, 3.63) is 76.9 Å². The van der Waals surface area contributed by atoms with Gasteiger partial charge in [-0.3, -0.25) is 14.0 Å². The molecule has 11 nitrogen and oxygen atoms in total. The molecule has 0 saturated heterocycles. The standard InChI is InChI=1S/C23H16N6O5/c1-13(30)14-5-3-6-16(11-14)24-21(31)18-12-15(22(34-2)28-25-18)8-9-19-26-27-20-17(23(32)33)7-4-10-29(19)20/h3-7,10-12H,1-2H3,(H,24,31)(H,32,33). The number of ketones is 1. The summed E-state index contributed by atoms with van der Waals surface area (Å²) in [4.78, 5) is 35.6. The lowest BCUT2D eigenvalue weighted by Crippen LogP contribution is -2.15. The van der Waals surface area contributed by atoms with Crippen LogP contribution in [0.2, 0.25) is 0 Å². The molecule has 0 unspecified atom stereocenters. The Bertz CT molecular complexity index is 1520. The molecule has 1 aromatic carbocycles. The Morgan fingerprint density at radius 2 is 1.85 bits per heavy atom. The van der Waals surface area contributed by atoms with Gasteiger partial charge in [-0.05, 0) is 43.2 Å². The zero-order valence-electron chi connectivity index (χ0n) is 17.9. The van der Waals surface area contributed by atoms with E-state index in [2.05, 4.69) is 37.6 Å². The number of pyridine rings is 1. The Balaban J connectivity index is 1.65. The summed E-state index contributed by atoms with van der Waals surface area (Å²) in [6.07, 6.45) is 1.59. The molecule has 0 aliphatic rings. The number of anilines is 1. The van der Waals surface area contributed by atoms with Gasteiger partial charge in [0.1, 0.15) is 5.56 Å². The number of hydrogen-bond donors (Lipinski definition) is 2. The largest absolute Gasteiger partial charge is 0.479 e. The first-order valence-corrected chi connectivity index (χ1v) is 9.80. The van der Waals surface area contributed by atoms with E-state index in [0.29, 0.717) is 11.3 Å². The lowest BCUT2D eigenvalue weighted by atomic mass is 10.1. The molecule has 4 aromatic rings. The van der Waals surface area contributed by atoms with Crippen LogP contribution in [0, 0.1) is 11.8 Å². The number of carbonyl (C=O) groups is 3. The summed E-state index contributed by atoms with van der Waals surface area (Å²) in [5.41, 5.74) is 1.23. The lowest BCUT2D eigenvalue weighted by molar-refractivity contribution is 0.0697. The van der Waals surface area contributed by atoms with Crippen molar-refractivity contribution in [3.63, 3.8) is 0 Å². The van der Waals surface area contributed by atoms with Crippen molar-refractivity contribution >= 4 is 29.0 Å². The number of ether oxygens (including phenoxy) is 1. The molecule has 0 bridgehead atoms. The third kappa shape index (κ3) is 4.42. The van der Waals surface area contributed by atoms with Crippen molar-refractivity contribution < 1.29 is 24.2 Å². The molecule has 0 saturated carbocycles. The summed E-state index contributed by atoms with van der Waals surface area (Å²) in [6, 6.07) is 10.9. The first-order chi connectivity index (χ1) is 16.4. The molecule has 3 heterocycles. The van der Waals surface area contributed by atoms with Crippen LogP contribution in [-0.2, 0) is 0 Å². The van der Waals surface area contributed by atoms with E-state index in [1.54, 1.807) is 36.5 Å². The van der Waals surface area contributed by atoms with Crippen LogP contribution in [0.25, 0.3) is 5.65 Å². The van der Waals surface area contributed by atoms with E-state index in [1.165, 1.54) is 30.6 Å². The van der Waals surface area contributed by atoms with Gasteiger partial charge in [0.05, 0.1) is 12.7 Å². The van der Waals surface area contributed by atoms with Gasteiger partial charge in [0.15, 0.2) is 17.1 Å². The molecule has 34 heavy (non-hydrogen) atoms. The topological polar surface area (TPSA) is 149 Å². The average molecular weight is 456 g/mol. The Morgan fingerprint density at radius 3 is 2.59 bits per heavy atom. The monoisotopic (exact) mass is 456 g/mol. The fraction of sp³-hybridized carbons (Fsp3) is 0.0870. The van der Waals surface area contributed by atoms with Crippen LogP contribution in [0.3, 0.4) is 0 Å². The molecule has 168 valence electrons. The normalized spacial score (nSPS) is 10.3. The van der Waals surface area contributed by atoms with Gasteiger partial charge in [-0.2, -0.15) is 0 Å². The number of carboxylic acid groups (broad SMARTS) is 1. The zero-order chi connectivity index (χ0) is 24.2. The summed E-state index contributed by atoms with van der Waals surface area (Å²) < 4.78 is 6.62. The maximum Gasteiger partial charge on any atom is 0.339 e. The first-order valence-electron chi connectivity index (χ1n) is 9.80. The molecule has 0 atom stereocenters. The third-order valence-electron chi connectivity index (χ3n) is 4.69. The predicted molar refractivity (Wildman–Crippen MR) is 119 cm³/mol. The number of Topliss-reactive ketones (excluding diaryl/α,β-unsaturated/α-hetero) is 1. The van der Waals surface area contributed by atoms with Gasteiger partial charge in [-0.1, -0.05) is 18.1 Å². The van der Waals surface area contributed by atoms with Gasteiger partial charge in [0.25, 0.3) is 5.91 Å². The highest BCUT2D eigenvalue weighted by Gasteiger charge is 2.15. The van der Waals surface area contributed by atoms with Crippen LogP contribution in [0.5, 0.6) is 5.88 Å². The molecule has 3 aromatic heterocycles. The number of benzene rings is 1. The molecule has 2 N–H and O–H groups in total. The molecule has 0 spiro atoms. The summed E-state index contributed by atoms with van der Waals surface area (Å²) in [5.74, 6) is 4.05. The van der Waals surface area contributed by atoms with Crippen molar-refractivity contribution in [2.45, 2.75) is 6.92 Å². The van der Waals surface area contributed by atoms with Crippen molar-refractivity contribution in [1.29, 1.82) is 0 Å². The van der Waals surface area contributed by atoms with Crippen molar-refractivity contribution in [3.8, 4) is 17.7 Å². The smallest absolute Gasteiger partial charge is 0.339 e. The summed E-state index contributed by atoms with van der Waals surface area (Å²) in [6.45, 7) is 1.43. The molecule has 0 radical (unpaired) electrons. The minimum Gasteiger partial charge on any atom is -0.479 e. The maximum atomic E-state index is 12.7. The summed E-state index contributed by atoms with van der Waals surface area (Å²) >= 11 is 0. The number of nitrogens with zero attached hydrogens (tertiary/aromatic N) is 5. The number of nitrogens with one attached hydrogen (secondary N) is 1. The number of carbonyl (C=O) groups excluding carboxylic acids is 2. The van der Waals surface area contributed by atoms with Crippen LogP contribution < -0.4 is 10.1 Å². The molecule has 0 fully saturated rings. The average Bonchev–Trinajstić information content (AvgIpc) is 3.25. The molecule has 0 aliphatic heterocycles. The molecule has 0 aliphatic carbocycles. The summed E-state index contributed by atoms with van der Waals surface area (Å²) in [5, 5.41) is 27.6. The maximum absolute atomic E-state index is 12.7. The number of fused-ring (bicyclic) bond motifs is 1. The van der Waals surface area contributed by atoms with Crippen molar-refractivity contribution in [2.75, 3.05) is 12.4 Å². The van der Waals surface area contributed by atoms with E-state index >= 15 is 0 Å². The molecule has 11 heteroatoms. The Morgan fingerprint density at radius 1 is 1.03 bits per heavy atom. The Kier molecular flexibility index (Phi) is 5.96. The van der Waals surface area contributed by atoms with Crippen LogP contribution in [0.15, 0.2) is 48.7 Å². The summed E-state index contributed by atoms with van der Waals surface area (Å²) in [7, 11) is 1.38. The highest BCUT2D eigenvalue weighted by Crippen LogP contribution is 2.16. The number of aromatic carboxylic acids is 1. The number of aromatic nitrogens is 5. The fourth-order valence-electron chi connectivity index (χ4n) is 3.03. The quantitative estimate of drug-likeness (QED) is 0.340. The van der Waals surface area contributed by atoms with E-state index in [9.17, 15) is 19.5 Å². The number of carboxylic acids is 1. The van der Waals surface area contributed by atoms with Crippen LogP contribution in [0.4, 0.5) is 5.69 Å². The van der Waals surface area contributed by atoms with Gasteiger partial charge in [0.2, 0.25) is 11.7 Å². The van der Waals surface area contributed by atoms with E-state index in [-0.39, 0.29) is 40.0 Å². The zero-order valence-corrected chi connectivity index (χ0v) is 17.9. The molecule has 1 amide bonds. The van der Waals surface area contributed by atoms with Crippen LogP contribution in [-0.4, -0.2) is 54.7 Å². The van der Waals surface area contributed by atoms with E-state index in [1.807, 2.05) is 0 Å². The van der Waals surface area contributed by atoms with E-state index in [0.717, 1.165) is 0 Å². The number of methoxy groups -OCH3 is 1. The number of rotatable bonds is 5.